The van der Waals surface area contributed by atoms with Crippen molar-refractivity contribution in [3.8, 4) is 22.8 Å². The zero-order valence-electron chi connectivity index (χ0n) is 17.0. The summed E-state index contributed by atoms with van der Waals surface area (Å²) in [5.41, 5.74) is 5.47. The molecule has 0 amide bonds. The van der Waals surface area contributed by atoms with Crippen LogP contribution in [0.15, 0.2) is 70.1 Å². The van der Waals surface area contributed by atoms with Crippen molar-refractivity contribution in [3.05, 3.63) is 82.7 Å². The van der Waals surface area contributed by atoms with Crippen molar-refractivity contribution >= 4 is 16.7 Å². The first kappa shape index (κ1) is 18.8. The van der Waals surface area contributed by atoms with E-state index in [4.69, 9.17) is 14.1 Å². The predicted molar refractivity (Wildman–Crippen MR) is 116 cm³/mol. The van der Waals surface area contributed by atoms with Crippen molar-refractivity contribution < 1.29 is 14.3 Å². The summed E-state index contributed by atoms with van der Waals surface area (Å²) in [6.45, 7) is 6.08. The molecule has 4 nitrogen and oxygen atoms in total. The molecule has 0 bridgehead atoms. The third kappa shape index (κ3) is 3.74. The van der Waals surface area contributed by atoms with Gasteiger partial charge in [-0.3, -0.25) is 0 Å². The second-order valence-corrected chi connectivity index (χ2v) is 7.28. The van der Waals surface area contributed by atoms with E-state index in [-0.39, 0.29) is 5.75 Å². The maximum Gasteiger partial charge on any atom is 0.141 e. The second kappa shape index (κ2) is 7.47. The Morgan fingerprint density at radius 2 is 1.62 bits per heavy atom. The molecule has 0 unspecified atom stereocenters. The van der Waals surface area contributed by atoms with Gasteiger partial charge in [0.05, 0.1) is 12.5 Å². The van der Waals surface area contributed by atoms with Gasteiger partial charge in [-0.25, -0.2) is 4.99 Å². The van der Waals surface area contributed by atoms with E-state index in [9.17, 15) is 5.11 Å². The molecule has 0 saturated heterocycles. The number of phenolic OH excluding ortho intramolecular Hbond substituents is 1. The van der Waals surface area contributed by atoms with Crippen molar-refractivity contribution in [1.29, 1.82) is 0 Å². The van der Waals surface area contributed by atoms with Gasteiger partial charge in [0.15, 0.2) is 0 Å². The number of phenols is 1. The lowest BCUT2D eigenvalue weighted by Gasteiger charge is -2.09. The van der Waals surface area contributed by atoms with Crippen LogP contribution in [-0.4, -0.2) is 12.2 Å². The molecule has 0 aliphatic rings. The van der Waals surface area contributed by atoms with Gasteiger partial charge in [-0.2, -0.15) is 0 Å². The molecule has 4 rings (SSSR count). The Labute approximate surface area is 169 Å². The molecule has 0 fully saturated rings. The van der Waals surface area contributed by atoms with E-state index in [0.29, 0.717) is 11.4 Å². The summed E-state index contributed by atoms with van der Waals surface area (Å²) >= 11 is 0. The summed E-state index contributed by atoms with van der Waals surface area (Å²) in [4.78, 5) is 4.81. The topological polar surface area (TPSA) is 55.0 Å². The van der Waals surface area contributed by atoms with E-state index >= 15 is 0 Å². The van der Waals surface area contributed by atoms with Crippen molar-refractivity contribution in [2.45, 2.75) is 20.8 Å². The number of rotatable bonds is 3. The molecule has 1 heterocycles. The molecule has 0 aliphatic carbocycles. The predicted octanol–water partition coefficient (Wildman–Crippen LogP) is 5.97. The quantitative estimate of drug-likeness (QED) is 0.472. The molecule has 1 aromatic heterocycles. The number of aromatic hydroxyl groups is 1. The zero-order chi connectivity index (χ0) is 20.5. The Morgan fingerprint density at radius 1 is 0.862 bits per heavy atom. The molecule has 0 radical (unpaired) electrons. The van der Waals surface area contributed by atoms with Crippen LogP contribution < -0.4 is 10.1 Å². The third-order valence-corrected chi connectivity index (χ3v) is 4.93. The molecule has 0 atom stereocenters. The minimum atomic E-state index is 0.153. The van der Waals surface area contributed by atoms with Crippen LogP contribution in [0.25, 0.3) is 22.3 Å². The molecule has 0 aliphatic heterocycles. The fraction of sp³-hybridized carbons (Fsp3) is 0.160. The van der Waals surface area contributed by atoms with E-state index in [1.54, 1.807) is 13.2 Å². The maximum absolute atomic E-state index is 10.3. The molecule has 29 heavy (non-hydrogen) atoms. The van der Waals surface area contributed by atoms with E-state index in [1.165, 1.54) is 0 Å². The Hall–Kier alpha value is -3.53. The molecule has 1 N–H and O–H groups in total. The average Bonchev–Trinajstić information content (AvgIpc) is 2.70. The number of methoxy groups -OCH3 is 1. The Kier molecular flexibility index (Phi) is 4.85. The average molecular weight is 385 g/mol. The van der Waals surface area contributed by atoms with Gasteiger partial charge in [0.2, 0.25) is 0 Å². The maximum atomic E-state index is 10.3. The van der Waals surface area contributed by atoms with Gasteiger partial charge in [-0.1, -0.05) is 12.1 Å². The van der Waals surface area contributed by atoms with Gasteiger partial charge in [-0.05, 0) is 79.9 Å². The lowest BCUT2D eigenvalue weighted by atomic mass is 10.0. The lowest BCUT2D eigenvalue weighted by molar-refractivity contribution is 0.415. The first-order valence-corrected chi connectivity index (χ1v) is 9.48. The van der Waals surface area contributed by atoms with Gasteiger partial charge in [0, 0.05) is 17.0 Å². The molecule has 146 valence electrons. The SMILES string of the molecule is COc1ccc(-c2cc(=Nc3cc(C)ccc3O)c3c(C)cc(C)cc3o2)cc1. The fourth-order valence-electron chi connectivity index (χ4n) is 3.52. The van der Waals surface area contributed by atoms with Crippen LogP contribution in [0, 0.1) is 20.8 Å². The summed E-state index contributed by atoms with van der Waals surface area (Å²) in [7, 11) is 1.65. The van der Waals surface area contributed by atoms with E-state index < -0.39 is 0 Å². The lowest BCUT2D eigenvalue weighted by Crippen LogP contribution is -2.05. The zero-order valence-corrected chi connectivity index (χ0v) is 17.0. The van der Waals surface area contributed by atoms with Gasteiger partial charge in [-0.15, -0.1) is 0 Å². The van der Waals surface area contributed by atoms with Crippen molar-refractivity contribution in [1.82, 2.24) is 0 Å². The summed E-state index contributed by atoms with van der Waals surface area (Å²) in [5.74, 6) is 1.65. The summed E-state index contributed by atoms with van der Waals surface area (Å²) < 4.78 is 11.5. The normalized spacial score (nSPS) is 11.8. The number of hydrogen-bond donors (Lipinski definition) is 1. The molecule has 4 aromatic rings. The van der Waals surface area contributed by atoms with Crippen LogP contribution in [-0.2, 0) is 0 Å². The standard InChI is InChI=1S/C25H23NO3/c1-15-5-10-22(27)20(12-15)26-21-14-23(18-6-8-19(28-4)9-7-18)29-24-13-16(2)11-17(3)25(21)24/h5-14,27H,1-4H3. The van der Waals surface area contributed by atoms with Crippen LogP contribution in [0.3, 0.4) is 0 Å². The molecular weight excluding hydrogens is 362 g/mol. The second-order valence-electron chi connectivity index (χ2n) is 7.28. The first-order chi connectivity index (χ1) is 13.9. The van der Waals surface area contributed by atoms with E-state index in [0.717, 1.165) is 44.3 Å². The molecule has 0 saturated carbocycles. The highest BCUT2D eigenvalue weighted by Gasteiger charge is 2.10. The van der Waals surface area contributed by atoms with Gasteiger partial charge in [0.25, 0.3) is 0 Å². The highest BCUT2D eigenvalue weighted by molar-refractivity contribution is 5.83. The third-order valence-electron chi connectivity index (χ3n) is 4.93. The molecule has 3 aromatic carbocycles. The van der Waals surface area contributed by atoms with Crippen LogP contribution in [0.5, 0.6) is 11.5 Å². The van der Waals surface area contributed by atoms with Crippen molar-refractivity contribution in [2.24, 2.45) is 4.99 Å². The number of fused-ring (bicyclic) bond motifs is 1. The summed E-state index contributed by atoms with van der Waals surface area (Å²) in [5, 5.41) is 12.0. The molecular formula is C25H23NO3. The van der Waals surface area contributed by atoms with Gasteiger partial charge in [0.1, 0.15) is 28.5 Å². The van der Waals surface area contributed by atoms with Crippen molar-refractivity contribution in [3.63, 3.8) is 0 Å². The number of nitrogens with zero attached hydrogens (tertiary/aromatic N) is 1. The van der Waals surface area contributed by atoms with Gasteiger partial charge < -0.3 is 14.3 Å². The Balaban J connectivity index is 2.03. The van der Waals surface area contributed by atoms with Crippen molar-refractivity contribution in [2.75, 3.05) is 7.11 Å². The minimum absolute atomic E-state index is 0.153. The van der Waals surface area contributed by atoms with Crippen LogP contribution in [0.4, 0.5) is 5.69 Å². The smallest absolute Gasteiger partial charge is 0.141 e. The monoisotopic (exact) mass is 385 g/mol. The van der Waals surface area contributed by atoms with Gasteiger partial charge >= 0.3 is 0 Å². The summed E-state index contributed by atoms with van der Waals surface area (Å²) in [6, 6.07) is 19.2. The van der Waals surface area contributed by atoms with E-state index in [2.05, 4.69) is 6.07 Å². The van der Waals surface area contributed by atoms with Crippen LogP contribution in [0.2, 0.25) is 0 Å². The fourth-order valence-corrected chi connectivity index (χ4v) is 3.52. The largest absolute Gasteiger partial charge is 0.506 e. The highest BCUT2D eigenvalue weighted by Crippen LogP contribution is 2.29. The number of ether oxygens (including phenoxy) is 1. The van der Waals surface area contributed by atoms with Crippen LogP contribution in [0.1, 0.15) is 16.7 Å². The Morgan fingerprint density at radius 3 is 2.34 bits per heavy atom. The highest BCUT2D eigenvalue weighted by atomic mass is 16.5. The molecule has 0 spiro atoms. The minimum Gasteiger partial charge on any atom is -0.506 e. The summed E-state index contributed by atoms with van der Waals surface area (Å²) in [6.07, 6.45) is 0. The Bertz CT molecular complexity index is 1270. The van der Waals surface area contributed by atoms with E-state index in [1.807, 2.05) is 69.3 Å². The number of hydrogen-bond acceptors (Lipinski definition) is 4. The number of benzene rings is 3. The molecule has 4 heteroatoms. The van der Waals surface area contributed by atoms with Crippen LogP contribution >= 0.6 is 0 Å². The number of aryl methyl sites for hydroxylation is 3. The first-order valence-electron chi connectivity index (χ1n) is 9.48.